The molecule has 2 aliphatic rings. The van der Waals surface area contributed by atoms with Gasteiger partial charge in [-0.3, -0.25) is 0 Å². The fourth-order valence-electron chi connectivity index (χ4n) is 3.87. The van der Waals surface area contributed by atoms with E-state index in [1.807, 2.05) is 12.1 Å². The lowest BCUT2D eigenvalue weighted by Gasteiger charge is -2.40. The van der Waals surface area contributed by atoms with Crippen molar-refractivity contribution < 1.29 is 4.39 Å². The van der Waals surface area contributed by atoms with E-state index in [4.69, 9.17) is 0 Å². The summed E-state index contributed by atoms with van der Waals surface area (Å²) in [4.78, 5) is 0. The Morgan fingerprint density at radius 1 is 1.10 bits per heavy atom. The van der Waals surface area contributed by atoms with Gasteiger partial charge in [-0.2, -0.15) is 0 Å². The van der Waals surface area contributed by atoms with Crippen LogP contribution in [0, 0.1) is 11.7 Å². The number of piperidine rings is 1. The smallest absolute Gasteiger partial charge is 0.147 e. The van der Waals surface area contributed by atoms with Crippen molar-refractivity contribution in [3.05, 3.63) is 28.5 Å². The first-order chi connectivity index (χ1) is 10.2. The van der Waals surface area contributed by atoms with Crippen LogP contribution in [-0.2, 0) is 0 Å². The highest BCUT2D eigenvalue weighted by Gasteiger charge is 2.32. The lowest BCUT2D eigenvalue weighted by molar-refractivity contribution is 0.217. The highest BCUT2D eigenvalue weighted by Crippen LogP contribution is 2.33. The summed E-state index contributed by atoms with van der Waals surface area (Å²) in [7, 11) is 0. The van der Waals surface area contributed by atoms with Gasteiger partial charge >= 0.3 is 0 Å². The zero-order chi connectivity index (χ0) is 14.7. The molecule has 1 saturated heterocycles. The number of benzene rings is 1. The highest BCUT2D eigenvalue weighted by atomic mass is 79.9. The second kappa shape index (κ2) is 7.10. The minimum atomic E-state index is -0.162. The molecule has 1 aliphatic heterocycles. The molecule has 116 valence electrons. The predicted octanol–water partition coefficient (Wildman–Crippen LogP) is 4.70. The molecule has 0 radical (unpaired) electrons. The van der Waals surface area contributed by atoms with E-state index in [1.165, 1.54) is 38.5 Å². The van der Waals surface area contributed by atoms with Gasteiger partial charge in [0.1, 0.15) is 5.82 Å². The Balaban J connectivity index is 1.71. The van der Waals surface area contributed by atoms with E-state index in [0.717, 1.165) is 17.4 Å². The van der Waals surface area contributed by atoms with Gasteiger partial charge in [0.15, 0.2) is 0 Å². The monoisotopic (exact) mass is 354 g/mol. The minimum Gasteiger partial charge on any atom is -0.380 e. The molecular weight excluding hydrogens is 331 g/mol. The number of halogens is 2. The van der Waals surface area contributed by atoms with Gasteiger partial charge < -0.3 is 10.6 Å². The van der Waals surface area contributed by atoms with Gasteiger partial charge in [-0.25, -0.2) is 4.39 Å². The summed E-state index contributed by atoms with van der Waals surface area (Å²) in [6, 6.07) is 6.29. The van der Waals surface area contributed by atoms with Crippen LogP contribution in [0.3, 0.4) is 0 Å². The maximum absolute atomic E-state index is 14.1. The van der Waals surface area contributed by atoms with Crippen LogP contribution in [-0.4, -0.2) is 18.6 Å². The molecule has 3 rings (SSSR count). The summed E-state index contributed by atoms with van der Waals surface area (Å²) < 4.78 is 14.9. The van der Waals surface area contributed by atoms with E-state index in [9.17, 15) is 4.39 Å². The van der Waals surface area contributed by atoms with Crippen LogP contribution in [0.15, 0.2) is 22.7 Å². The summed E-state index contributed by atoms with van der Waals surface area (Å²) >= 11 is 3.32. The Bertz CT molecular complexity index is 474. The number of anilines is 1. The molecule has 1 aliphatic carbocycles. The summed E-state index contributed by atoms with van der Waals surface area (Å²) in [5.74, 6) is 0.465. The van der Waals surface area contributed by atoms with Crippen LogP contribution in [0.1, 0.15) is 44.9 Å². The molecule has 3 atom stereocenters. The van der Waals surface area contributed by atoms with Gasteiger partial charge in [-0.15, -0.1) is 0 Å². The average Bonchev–Trinajstić information content (AvgIpc) is 2.51. The topological polar surface area (TPSA) is 24.1 Å². The van der Waals surface area contributed by atoms with E-state index in [0.29, 0.717) is 23.7 Å². The standard InChI is InChI=1S/C17H24BrFN2/c18-12-8-9-17(14(19)11-12)21-16-7-2-1-5-13(16)15-6-3-4-10-20-15/h8-9,11,13,15-16,20-21H,1-7,10H2. The molecule has 2 fully saturated rings. The molecular formula is C17H24BrFN2. The van der Waals surface area contributed by atoms with Crippen LogP contribution in [0.2, 0.25) is 0 Å². The second-order valence-corrected chi connectivity index (χ2v) is 7.30. The first kappa shape index (κ1) is 15.3. The molecule has 1 saturated carbocycles. The number of hydrogen-bond donors (Lipinski definition) is 2. The molecule has 3 unspecified atom stereocenters. The van der Waals surface area contributed by atoms with Crippen molar-refractivity contribution in [3.63, 3.8) is 0 Å². The normalized spacial score (nSPS) is 30.1. The molecule has 2 N–H and O–H groups in total. The van der Waals surface area contributed by atoms with Gasteiger partial charge in [-0.1, -0.05) is 35.2 Å². The molecule has 2 nitrogen and oxygen atoms in total. The second-order valence-electron chi connectivity index (χ2n) is 6.38. The molecule has 4 heteroatoms. The van der Waals surface area contributed by atoms with Gasteiger partial charge in [0.25, 0.3) is 0 Å². The van der Waals surface area contributed by atoms with Crippen LogP contribution >= 0.6 is 15.9 Å². The van der Waals surface area contributed by atoms with Crippen molar-refractivity contribution in [3.8, 4) is 0 Å². The number of hydrogen-bond acceptors (Lipinski definition) is 2. The fourth-order valence-corrected chi connectivity index (χ4v) is 4.20. The van der Waals surface area contributed by atoms with Crippen molar-refractivity contribution in [1.82, 2.24) is 5.32 Å². The van der Waals surface area contributed by atoms with Crippen molar-refractivity contribution in [2.45, 2.75) is 57.0 Å². The van der Waals surface area contributed by atoms with Crippen molar-refractivity contribution in [2.24, 2.45) is 5.92 Å². The maximum atomic E-state index is 14.1. The largest absolute Gasteiger partial charge is 0.380 e. The van der Waals surface area contributed by atoms with E-state index >= 15 is 0 Å². The third kappa shape index (κ3) is 3.78. The summed E-state index contributed by atoms with van der Waals surface area (Å²) in [5.41, 5.74) is 0.644. The Hall–Kier alpha value is -0.610. The zero-order valence-corrected chi connectivity index (χ0v) is 14.0. The van der Waals surface area contributed by atoms with Crippen molar-refractivity contribution >= 4 is 21.6 Å². The first-order valence-electron chi connectivity index (χ1n) is 8.19. The first-order valence-corrected chi connectivity index (χ1v) is 8.98. The maximum Gasteiger partial charge on any atom is 0.147 e. The van der Waals surface area contributed by atoms with Crippen molar-refractivity contribution in [2.75, 3.05) is 11.9 Å². The summed E-state index contributed by atoms with van der Waals surface area (Å²) in [6.07, 6.45) is 8.86. The van der Waals surface area contributed by atoms with E-state index in [2.05, 4.69) is 26.6 Å². The molecule has 0 bridgehead atoms. The molecule has 1 aromatic carbocycles. The number of nitrogens with one attached hydrogen (secondary N) is 2. The summed E-state index contributed by atoms with van der Waals surface area (Å²) in [5, 5.41) is 7.17. The van der Waals surface area contributed by atoms with Crippen LogP contribution in [0.4, 0.5) is 10.1 Å². The molecule has 0 amide bonds. The quantitative estimate of drug-likeness (QED) is 0.821. The molecule has 1 heterocycles. The molecule has 0 spiro atoms. The van der Waals surface area contributed by atoms with Gasteiger partial charge in [-0.05, 0) is 56.3 Å². The van der Waals surface area contributed by atoms with Crippen LogP contribution < -0.4 is 10.6 Å². The fraction of sp³-hybridized carbons (Fsp3) is 0.647. The Kier molecular flexibility index (Phi) is 5.17. The van der Waals surface area contributed by atoms with Gasteiger partial charge in [0.05, 0.1) is 5.69 Å². The zero-order valence-electron chi connectivity index (χ0n) is 12.4. The Morgan fingerprint density at radius 2 is 1.90 bits per heavy atom. The number of rotatable bonds is 3. The van der Waals surface area contributed by atoms with Gasteiger partial charge in [0.2, 0.25) is 0 Å². The van der Waals surface area contributed by atoms with Gasteiger partial charge in [0, 0.05) is 16.6 Å². The van der Waals surface area contributed by atoms with Crippen LogP contribution in [0.25, 0.3) is 0 Å². The third-order valence-corrected chi connectivity index (χ3v) is 5.45. The predicted molar refractivity (Wildman–Crippen MR) is 89.1 cm³/mol. The Labute approximate surface area is 135 Å². The Morgan fingerprint density at radius 3 is 2.67 bits per heavy atom. The van der Waals surface area contributed by atoms with E-state index < -0.39 is 0 Å². The van der Waals surface area contributed by atoms with E-state index in [-0.39, 0.29) is 5.82 Å². The lowest BCUT2D eigenvalue weighted by Crippen LogP contribution is -2.48. The minimum absolute atomic E-state index is 0.162. The van der Waals surface area contributed by atoms with E-state index in [1.54, 1.807) is 6.07 Å². The van der Waals surface area contributed by atoms with Crippen LogP contribution in [0.5, 0.6) is 0 Å². The highest BCUT2D eigenvalue weighted by molar-refractivity contribution is 9.10. The third-order valence-electron chi connectivity index (χ3n) is 4.96. The average molecular weight is 355 g/mol. The molecule has 21 heavy (non-hydrogen) atoms. The van der Waals surface area contributed by atoms with Crippen molar-refractivity contribution in [1.29, 1.82) is 0 Å². The lowest BCUT2D eigenvalue weighted by atomic mass is 9.77. The SMILES string of the molecule is Fc1cc(Br)ccc1NC1CCCCC1C1CCCCN1. The molecule has 0 aromatic heterocycles. The molecule has 1 aromatic rings. The summed E-state index contributed by atoms with van der Waals surface area (Å²) in [6.45, 7) is 1.14.